The topological polar surface area (TPSA) is 35.6 Å². The standard InChI is InChI=1S/C17H25N3O/c1-19(15-10-6-3-7-11-15)16-12-20(13-16)17(21)18-14-8-4-2-5-9-14/h3,6-7,10-11,14,16H,2,4-5,8-9,12-13H2,1H3,(H,18,21). The van der Waals surface area contributed by atoms with Crippen LogP contribution in [0.2, 0.25) is 0 Å². The molecular formula is C17H25N3O. The third-order valence-electron chi connectivity index (χ3n) is 4.79. The molecule has 1 saturated carbocycles. The largest absolute Gasteiger partial charge is 0.368 e. The Hall–Kier alpha value is -1.71. The molecule has 2 fully saturated rings. The third-order valence-corrected chi connectivity index (χ3v) is 4.79. The number of urea groups is 1. The van der Waals surface area contributed by atoms with Gasteiger partial charge in [-0.05, 0) is 25.0 Å². The lowest BCUT2D eigenvalue weighted by atomic mass is 9.95. The molecule has 1 heterocycles. The molecule has 4 heteroatoms. The van der Waals surface area contributed by atoms with Crippen molar-refractivity contribution >= 4 is 11.7 Å². The summed E-state index contributed by atoms with van der Waals surface area (Å²) in [6, 6.07) is 11.3. The van der Waals surface area contributed by atoms with Crippen LogP contribution >= 0.6 is 0 Å². The number of amides is 2. The Labute approximate surface area is 127 Å². The monoisotopic (exact) mass is 287 g/mol. The fraction of sp³-hybridized carbons (Fsp3) is 0.588. The molecular weight excluding hydrogens is 262 g/mol. The number of hydrogen-bond donors (Lipinski definition) is 1. The number of carbonyl (C=O) groups excluding carboxylic acids is 1. The van der Waals surface area contributed by atoms with Crippen molar-refractivity contribution in [3.63, 3.8) is 0 Å². The molecule has 3 rings (SSSR count). The molecule has 1 saturated heterocycles. The molecule has 1 aromatic carbocycles. The fourth-order valence-corrected chi connectivity index (χ4v) is 3.25. The SMILES string of the molecule is CN(c1ccccc1)C1CN(C(=O)NC2CCCCC2)C1. The van der Waals surface area contributed by atoms with E-state index >= 15 is 0 Å². The van der Waals surface area contributed by atoms with Gasteiger partial charge < -0.3 is 15.1 Å². The number of nitrogens with zero attached hydrogens (tertiary/aromatic N) is 2. The van der Waals surface area contributed by atoms with E-state index in [2.05, 4.69) is 41.5 Å². The summed E-state index contributed by atoms with van der Waals surface area (Å²) < 4.78 is 0. The quantitative estimate of drug-likeness (QED) is 0.928. The minimum Gasteiger partial charge on any atom is -0.368 e. The van der Waals surface area contributed by atoms with E-state index in [-0.39, 0.29) is 6.03 Å². The average Bonchev–Trinajstić information content (AvgIpc) is 2.47. The molecule has 0 unspecified atom stereocenters. The Morgan fingerprint density at radius 3 is 2.48 bits per heavy atom. The highest BCUT2D eigenvalue weighted by Crippen LogP contribution is 2.22. The maximum Gasteiger partial charge on any atom is 0.317 e. The zero-order valence-corrected chi connectivity index (χ0v) is 12.8. The van der Waals surface area contributed by atoms with Gasteiger partial charge in [0.1, 0.15) is 0 Å². The lowest BCUT2D eigenvalue weighted by Crippen LogP contribution is -2.63. The third kappa shape index (κ3) is 3.31. The summed E-state index contributed by atoms with van der Waals surface area (Å²) in [4.78, 5) is 16.4. The van der Waals surface area contributed by atoms with Crippen LogP contribution in [0.1, 0.15) is 32.1 Å². The van der Waals surface area contributed by atoms with E-state index in [4.69, 9.17) is 0 Å². The van der Waals surface area contributed by atoms with Gasteiger partial charge in [0.25, 0.3) is 0 Å². The number of benzene rings is 1. The zero-order valence-electron chi connectivity index (χ0n) is 12.8. The van der Waals surface area contributed by atoms with Crippen LogP contribution in [0.15, 0.2) is 30.3 Å². The van der Waals surface area contributed by atoms with Gasteiger partial charge in [-0.2, -0.15) is 0 Å². The molecule has 21 heavy (non-hydrogen) atoms. The molecule has 2 aliphatic rings. The summed E-state index contributed by atoms with van der Waals surface area (Å²) in [5.74, 6) is 0. The van der Waals surface area contributed by atoms with Gasteiger partial charge in [-0.3, -0.25) is 0 Å². The summed E-state index contributed by atoms with van der Waals surface area (Å²) >= 11 is 0. The van der Waals surface area contributed by atoms with Crippen molar-refractivity contribution in [3.05, 3.63) is 30.3 Å². The van der Waals surface area contributed by atoms with Crippen LogP contribution in [0.3, 0.4) is 0 Å². The van der Waals surface area contributed by atoms with Gasteiger partial charge in [-0.1, -0.05) is 37.5 Å². The van der Waals surface area contributed by atoms with Gasteiger partial charge in [0.15, 0.2) is 0 Å². The highest BCUT2D eigenvalue weighted by atomic mass is 16.2. The summed E-state index contributed by atoms with van der Waals surface area (Å²) in [7, 11) is 2.11. The van der Waals surface area contributed by atoms with Gasteiger partial charge in [0.05, 0.1) is 6.04 Å². The van der Waals surface area contributed by atoms with Gasteiger partial charge >= 0.3 is 6.03 Å². The van der Waals surface area contributed by atoms with Crippen molar-refractivity contribution in [1.29, 1.82) is 0 Å². The molecule has 0 atom stereocenters. The lowest BCUT2D eigenvalue weighted by molar-refractivity contribution is 0.145. The highest BCUT2D eigenvalue weighted by Gasteiger charge is 2.34. The number of anilines is 1. The van der Waals surface area contributed by atoms with Crippen molar-refractivity contribution in [1.82, 2.24) is 10.2 Å². The van der Waals surface area contributed by atoms with Crippen LogP contribution in [-0.2, 0) is 0 Å². The summed E-state index contributed by atoms with van der Waals surface area (Å²) in [5.41, 5.74) is 1.22. The maximum absolute atomic E-state index is 12.2. The van der Waals surface area contributed by atoms with E-state index in [1.165, 1.54) is 24.9 Å². The van der Waals surface area contributed by atoms with Crippen molar-refractivity contribution < 1.29 is 4.79 Å². The number of nitrogens with one attached hydrogen (secondary N) is 1. The van der Waals surface area contributed by atoms with E-state index in [1.54, 1.807) is 0 Å². The molecule has 1 N–H and O–H groups in total. The van der Waals surface area contributed by atoms with E-state index in [9.17, 15) is 4.79 Å². The molecule has 2 amide bonds. The maximum atomic E-state index is 12.2. The molecule has 114 valence electrons. The van der Waals surface area contributed by atoms with Crippen molar-refractivity contribution in [2.45, 2.75) is 44.2 Å². The summed E-state index contributed by atoms with van der Waals surface area (Å²) in [5, 5.41) is 3.19. The molecule has 1 aliphatic carbocycles. The smallest absolute Gasteiger partial charge is 0.317 e. The minimum atomic E-state index is 0.125. The van der Waals surface area contributed by atoms with Gasteiger partial charge in [-0.15, -0.1) is 0 Å². The van der Waals surface area contributed by atoms with Gasteiger partial charge in [0, 0.05) is 31.9 Å². The van der Waals surface area contributed by atoms with E-state index < -0.39 is 0 Å². The number of para-hydroxylation sites is 1. The van der Waals surface area contributed by atoms with Crippen molar-refractivity contribution in [2.75, 3.05) is 25.0 Å². The van der Waals surface area contributed by atoms with Crippen LogP contribution < -0.4 is 10.2 Å². The van der Waals surface area contributed by atoms with E-state index in [0.717, 1.165) is 25.9 Å². The second-order valence-corrected chi connectivity index (χ2v) is 6.29. The molecule has 1 aliphatic heterocycles. The fourth-order valence-electron chi connectivity index (χ4n) is 3.25. The minimum absolute atomic E-state index is 0.125. The predicted octanol–water partition coefficient (Wildman–Crippen LogP) is 2.85. The first kappa shape index (κ1) is 14.2. The molecule has 0 bridgehead atoms. The Morgan fingerprint density at radius 2 is 1.81 bits per heavy atom. The Bertz CT molecular complexity index is 464. The van der Waals surface area contributed by atoms with Crippen LogP contribution in [0.25, 0.3) is 0 Å². The molecule has 1 aromatic rings. The highest BCUT2D eigenvalue weighted by molar-refractivity contribution is 5.76. The van der Waals surface area contributed by atoms with Crippen LogP contribution in [0, 0.1) is 0 Å². The summed E-state index contributed by atoms with van der Waals surface area (Å²) in [6.45, 7) is 1.65. The average molecular weight is 287 g/mol. The predicted molar refractivity (Wildman–Crippen MR) is 85.6 cm³/mol. The normalized spacial score (nSPS) is 20.0. The van der Waals surface area contributed by atoms with Crippen molar-refractivity contribution in [2.24, 2.45) is 0 Å². The van der Waals surface area contributed by atoms with Crippen LogP contribution in [-0.4, -0.2) is 43.2 Å². The summed E-state index contributed by atoms with van der Waals surface area (Å²) in [6.07, 6.45) is 6.12. The lowest BCUT2D eigenvalue weighted by Gasteiger charge is -2.45. The van der Waals surface area contributed by atoms with Gasteiger partial charge in [0.2, 0.25) is 0 Å². The van der Waals surface area contributed by atoms with Crippen LogP contribution in [0.4, 0.5) is 10.5 Å². The number of carbonyl (C=O) groups is 1. The van der Waals surface area contributed by atoms with Gasteiger partial charge in [-0.25, -0.2) is 4.79 Å². The Kier molecular flexibility index (Phi) is 4.32. The first-order valence-corrected chi connectivity index (χ1v) is 8.07. The number of likely N-dealkylation sites (tertiary alicyclic amines) is 1. The number of hydrogen-bond acceptors (Lipinski definition) is 2. The Balaban J connectivity index is 1.45. The second-order valence-electron chi connectivity index (χ2n) is 6.29. The molecule has 0 radical (unpaired) electrons. The van der Waals surface area contributed by atoms with Crippen molar-refractivity contribution in [3.8, 4) is 0 Å². The molecule has 4 nitrogen and oxygen atoms in total. The molecule has 0 aromatic heterocycles. The first-order chi connectivity index (χ1) is 10.2. The number of likely N-dealkylation sites (N-methyl/N-ethyl adjacent to an activating group) is 1. The number of rotatable bonds is 3. The van der Waals surface area contributed by atoms with Crippen LogP contribution in [0.5, 0.6) is 0 Å². The van der Waals surface area contributed by atoms with E-state index in [0.29, 0.717) is 12.1 Å². The molecule has 0 spiro atoms. The second kappa shape index (κ2) is 6.37. The Morgan fingerprint density at radius 1 is 1.14 bits per heavy atom. The van der Waals surface area contributed by atoms with E-state index in [1.807, 2.05) is 11.0 Å². The zero-order chi connectivity index (χ0) is 14.7. The first-order valence-electron chi connectivity index (χ1n) is 8.07.